The van der Waals surface area contributed by atoms with Crippen LogP contribution in [-0.4, -0.2) is 22.8 Å². The largest absolute Gasteiger partial charge is 0.322 e. The van der Waals surface area contributed by atoms with Gasteiger partial charge in [-0.25, -0.2) is 9.78 Å². The van der Waals surface area contributed by atoms with Gasteiger partial charge in [-0.15, -0.1) is 0 Å². The number of rotatable bonds is 3. The summed E-state index contributed by atoms with van der Waals surface area (Å²) >= 11 is 11.8. The molecule has 128 valence electrons. The van der Waals surface area contributed by atoms with E-state index in [4.69, 9.17) is 23.2 Å². The Kier molecular flexibility index (Phi) is 4.36. The number of carbonyl (C=O) groups is 3. The van der Waals surface area contributed by atoms with E-state index in [1.54, 1.807) is 31.2 Å². The molecule has 1 aromatic heterocycles. The van der Waals surface area contributed by atoms with Crippen LogP contribution in [0.25, 0.3) is 0 Å². The molecule has 0 spiro atoms. The number of imide groups is 1. The molecular formula is C16H12Cl2N4O3. The molecule has 1 aliphatic rings. The van der Waals surface area contributed by atoms with Gasteiger partial charge in [0.1, 0.15) is 16.4 Å². The van der Waals surface area contributed by atoms with Crippen LogP contribution in [0.5, 0.6) is 0 Å². The monoisotopic (exact) mass is 378 g/mol. The lowest BCUT2D eigenvalue weighted by Gasteiger charge is -2.21. The number of carbonyl (C=O) groups excluding carboxylic acids is 3. The number of nitrogens with zero attached hydrogens (tertiary/aromatic N) is 1. The van der Waals surface area contributed by atoms with E-state index < -0.39 is 23.4 Å². The van der Waals surface area contributed by atoms with E-state index in [9.17, 15) is 14.4 Å². The van der Waals surface area contributed by atoms with Gasteiger partial charge in [0.15, 0.2) is 0 Å². The summed E-state index contributed by atoms with van der Waals surface area (Å²) in [4.78, 5) is 39.7. The lowest BCUT2D eigenvalue weighted by molar-refractivity contribution is -0.123. The summed E-state index contributed by atoms with van der Waals surface area (Å²) in [7, 11) is 0. The average molecular weight is 379 g/mol. The van der Waals surface area contributed by atoms with Crippen molar-refractivity contribution in [2.24, 2.45) is 0 Å². The third kappa shape index (κ3) is 3.29. The highest BCUT2D eigenvalue weighted by atomic mass is 35.5. The van der Waals surface area contributed by atoms with Crippen molar-refractivity contribution in [3.63, 3.8) is 0 Å². The molecule has 0 unspecified atom stereocenters. The van der Waals surface area contributed by atoms with Crippen molar-refractivity contribution in [1.29, 1.82) is 0 Å². The van der Waals surface area contributed by atoms with Crippen LogP contribution in [0.3, 0.4) is 0 Å². The normalized spacial score (nSPS) is 19.3. The molecule has 1 fully saturated rings. The Balaban J connectivity index is 1.87. The topological polar surface area (TPSA) is 100 Å². The Hall–Kier alpha value is -2.64. The van der Waals surface area contributed by atoms with Gasteiger partial charge in [-0.1, -0.05) is 35.3 Å². The van der Waals surface area contributed by atoms with E-state index in [0.717, 1.165) is 0 Å². The molecule has 4 amide bonds. The highest BCUT2D eigenvalue weighted by Gasteiger charge is 2.43. The van der Waals surface area contributed by atoms with Gasteiger partial charge in [0.25, 0.3) is 11.8 Å². The molecule has 1 saturated heterocycles. The van der Waals surface area contributed by atoms with Crippen molar-refractivity contribution in [1.82, 2.24) is 15.6 Å². The molecule has 0 bridgehead atoms. The molecule has 1 aliphatic heterocycles. The zero-order valence-electron chi connectivity index (χ0n) is 12.9. The molecule has 3 rings (SSSR count). The van der Waals surface area contributed by atoms with Gasteiger partial charge in [0.05, 0.1) is 5.02 Å². The minimum Gasteiger partial charge on any atom is -0.321 e. The first-order valence-corrected chi connectivity index (χ1v) is 7.93. The fourth-order valence-electron chi connectivity index (χ4n) is 2.42. The molecule has 3 N–H and O–H groups in total. The Bertz CT molecular complexity index is 903. The van der Waals surface area contributed by atoms with Crippen LogP contribution in [0.1, 0.15) is 23.0 Å². The standard InChI is InChI=1S/C16H12Cl2N4O3/c1-16(14(24)21-15(25)22-16)8-3-2-4-9(7-8)19-13(23)12-10(17)5-6-11(18)20-12/h2-7H,1H3,(H,19,23)(H2,21,22,24,25)/t16-/m0/s1. The lowest BCUT2D eigenvalue weighted by Crippen LogP contribution is -2.40. The van der Waals surface area contributed by atoms with Gasteiger partial charge in [0.2, 0.25) is 0 Å². The lowest BCUT2D eigenvalue weighted by atomic mass is 9.92. The maximum absolute atomic E-state index is 12.4. The quantitative estimate of drug-likeness (QED) is 0.564. The summed E-state index contributed by atoms with van der Waals surface area (Å²) in [5.74, 6) is -1.02. The van der Waals surface area contributed by atoms with E-state index in [1.165, 1.54) is 12.1 Å². The second-order valence-electron chi connectivity index (χ2n) is 5.53. The molecular weight excluding hydrogens is 367 g/mol. The Morgan fingerprint density at radius 1 is 1.20 bits per heavy atom. The minimum absolute atomic E-state index is 0.0160. The van der Waals surface area contributed by atoms with Gasteiger partial charge < -0.3 is 10.6 Å². The van der Waals surface area contributed by atoms with E-state index in [1.807, 2.05) is 0 Å². The summed E-state index contributed by atoms with van der Waals surface area (Å²) in [6, 6.07) is 8.92. The van der Waals surface area contributed by atoms with E-state index in [0.29, 0.717) is 11.3 Å². The fourth-order valence-corrected chi connectivity index (χ4v) is 2.76. The Morgan fingerprint density at radius 3 is 2.64 bits per heavy atom. The van der Waals surface area contributed by atoms with Gasteiger partial charge in [0, 0.05) is 5.69 Å². The first-order valence-electron chi connectivity index (χ1n) is 7.17. The number of halogens is 2. The Labute approximate surface area is 152 Å². The van der Waals surface area contributed by atoms with Crippen molar-refractivity contribution >= 4 is 46.7 Å². The molecule has 25 heavy (non-hydrogen) atoms. The molecule has 0 saturated carbocycles. The Morgan fingerprint density at radius 2 is 1.96 bits per heavy atom. The summed E-state index contributed by atoms with van der Waals surface area (Å²) in [6.45, 7) is 1.57. The van der Waals surface area contributed by atoms with E-state index in [2.05, 4.69) is 20.9 Å². The molecule has 2 heterocycles. The third-order valence-corrected chi connectivity index (χ3v) is 4.29. The number of nitrogens with one attached hydrogen (secondary N) is 3. The van der Waals surface area contributed by atoms with Crippen LogP contribution in [0.4, 0.5) is 10.5 Å². The predicted molar refractivity (Wildman–Crippen MR) is 92.7 cm³/mol. The van der Waals surface area contributed by atoms with Crippen LogP contribution < -0.4 is 16.0 Å². The highest BCUT2D eigenvalue weighted by molar-refractivity contribution is 6.35. The molecule has 2 aromatic rings. The van der Waals surface area contributed by atoms with Crippen LogP contribution in [-0.2, 0) is 10.3 Å². The number of pyridine rings is 1. The van der Waals surface area contributed by atoms with Crippen molar-refractivity contribution in [2.45, 2.75) is 12.5 Å². The molecule has 1 atom stereocenters. The third-order valence-electron chi connectivity index (χ3n) is 3.77. The average Bonchev–Trinajstić information content (AvgIpc) is 2.83. The van der Waals surface area contributed by atoms with Crippen molar-refractivity contribution in [3.05, 3.63) is 57.8 Å². The summed E-state index contributed by atoms with van der Waals surface area (Å²) in [6.07, 6.45) is 0. The van der Waals surface area contributed by atoms with Gasteiger partial charge >= 0.3 is 6.03 Å². The van der Waals surface area contributed by atoms with Crippen molar-refractivity contribution in [3.8, 4) is 0 Å². The first kappa shape index (κ1) is 17.2. The second kappa shape index (κ2) is 6.34. The summed E-state index contributed by atoms with van der Waals surface area (Å²) < 4.78 is 0. The maximum Gasteiger partial charge on any atom is 0.322 e. The highest BCUT2D eigenvalue weighted by Crippen LogP contribution is 2.27. The number of urea groups is 1. The predicted octanol–water partition coefficient (Wildman–Crippen LogP) is 2.70. The van der Waals surface area contributed by atoms with Gasteiger partial charge in [-0.2, -0.15) is 0 Å². The molecule has 1 aromatic carbocycles. The molecule has 7 nitrogen and oxygen atoms in total. The summed E-state index contributed by atoms with van der Waals surface area (Å²) in [5, 5.41) is 7.69. The number of amides is 4. The number of hydrogen-bond acceptors (Lipinski definition) is 4. The molecule has 0 radical (unpaired) electrons. The SMILES string of the molecule is C[C@@]1(c2cccc(NC(=O)c3nc(Cl)ccc3Cl)c2)NC(=O)NC1=O. The maximum atomic E-state index is 12.4. The van der Waals surface area contributed by atoms with E-state index in [-0.39, 0.29) is 15.9 Å². The zero-order chi connectivity index (χ0) is 18.2. The van der Waals surface area contributed by atoms with Crippen LogP contribution in [0.2, 0.25) is 10.2 Å². The number of hydrogen-bond donors (Lipinski definition) is 3. The number of anilines is 1. The van der Waals surface area contributed by atoms with Gasteiger partial charge in [-0.3, -0.25) is 14.9 Å². The zero-order valence-corrected chi connectivity index (χ0v) is 14.4. The second-order valence-corrected chi connectivity index (χ2v) is 6.33. The van der Waals surface area contributed by atoms with Crippen LogP contribution >= 0.6 is 23.2 Å². The fraction of sp³-hybridized carbons (Fsp3) is 0.125. The van der Waals surface area contributed by atoms with E-state index >= 15 is 0 Å². The van der Waals surface area contributed by atoms with Crippen molar-refractivity contribution < 1.29 is 14.4 Å². The molecule has 9 heteroatoms. The smallest absolute Gasteiger partial charge is 0.321 e. The van der Waals surface area contributed by atoms with Gasteiger partial charge in [-0.05, 0) is 36.8 Å². The van der Waals surface area contributed by atoms with Crippen LogP contribution in [0.15, 0.2) is 36.4 Å². The first-order chi connectivity index (χ1) is 11.8. The molecule has 0 aliphatic carbocycles. The van der Waals surface area contributed by atoms with Crippen LogP contribution in [0, 0.1) is 0 Å². The van der Waals surface area contributed by atoms with Crippen molar-refractivity contribution in [2.75, 3.05) is 5.32 Å². The minimum atomic E-state index is -1.22. The summed E-state index contributed by atoms with van der Waals surface area (Å²) in [5.41, 5.74) is -0.309. The number of aromatic nitrogens is 1. The number of benzene rings is 1.